The lowest BCUT2D eigenvalue weighted by Gasteiger charge is -2.19. The Morgan fingerprint density at radius 3 is 1.49 bits per heavy atom. The molecule has 0 N–H and O–H groups in total. The van der Waals surface area contributed by atoms with E-state index >= 15 is 0 Å². The molecule has 7 aromatic carbocycles. The van der Waals surface area contributed by atoms with E-state index in [0.29, 0.717) is 5.92 Å². The van der Waals surface area contributed by atoms with Gasteiger partial charge in [0.15, 0.2) is 0 Å². The van der Waals surface area contributed by atoms with Gasteiger partial charge in [0.2, 0.25) is 0 Å². The molecule has 43 heavy (non-hydrogen) atoms. The van der Waals surface area contributed by atoms with Crippen LogP contribution in [0.3, 0.4) is 0 Å². The fourth-order valence-corrected chi connectivity index (χ4v) is 7.16. The molecule has 0 heteroatoms. The second-order valence-electron chi connectivity index (χ2n) is 11.5. The summed E-state index contributed by atoms with van der Waals surface area (Å²) in [4.78, 5) is 0. The van der Waals surface area contributed by atoms with Crippen LogP contribution >= 0.6 is 0 Å². The summed E-state index contributed by atoms with van der Waals surface area (Å²) in [6.45, 7) is 2.28. The van der Waals surface area contributed by atoms with Crippen LogP contribution in [0.4, 0.5) is 0 Å². The van der Waals surface area contributed by atoms with E-state index in [4.69, 9.17) is 0 Å². The van der Waals surface area contributed by atoms with Crippen LogP contribution in [0.1, 0.15) is 36.0 Å². The predicted octanol–water partition coefficient (Wildman–Crippen LogP) is 11.9. The highest BCUT2D eigenvalue weighted by Crippen LogP contribution is 2.47. The Morgan fingerprint density at radius 1 is 0.442 bits per heavy atom. The smallest absolute Gasteiger partial charge is 0.0308 e. The molecule has 8 rings (SSSR count). The van der Waals surface area contributed by atoms with E-state index in [1.54, 1.807) is 0 Å². The molecule has 1 atom stereocenters. The number of hydrogen-bond donors (Lipinski definition) is 0. The summed E-state index contributed by atoms with van der Waals surface area (Å²) in [6, 6.07) is 55.7. The molecular formula is C43H32. The van der Waals surface area contributed by atoms with Gasteiger partial charge in [-0.2, -0.15) is 0 Å². The molecule has 0 saturated carbocycles. The average molecular weight is 549 g/mol. The molecule has 1 aliphatic rings. The lowest BCUT2D eigenvalue weighted by Crippen LogP contribution is -2.01. The molecule has 0 nitrogen and oxygen atoms in total. The second kappa shape index (κ2) is 10.6. The third-order valence-corrected chi connectivity index (χ3v) is 9.15. The van der Waals surface area contributed by atoms with E-state index in [0.717, 1.165) is 6.42 Å². The van der Waals surface area contributed by atoms with E-state index in [2.05, 4.69) is 165 Å². The van der Waals surface area contributed by atoms with Crippen molar-refractivity contribution in [2.24, 2.45) is 0 Å². The number of rotatable bonds is 5. The van der Waals surface area contributed by atoms with Crippen molar-refractivity contribution >= 4 is 27.6 Å². The number of fused-ring (bicyclic) bond motifs is 3. The molecule has 204 valence electrons. The van der Waals surface area contributed by atoms with Gasteiger partial charge in [-0.05, 0) is 84.1 Å². The maximum absolute atomic E-state index is 2.43. The highest BCUT2D eigenvalue weighted by Gasteiger charge is 2.26. The third kappa shape index (κ3) is 4.30. The zero-order chi connectivity index (χ0) is 28.8. The van der Waals surface area contributed by atoms with Gasteiger partial charge in [0, 0.05) is 5.92 Å². The van der Waals surface area contributed by atoms with Crippen molar-refractivity contribution in [1.82, 2.24) is 0 Å². The largest absolute Gasteiger partial charge is 0.0622 e. The standard InChI is InChI=1S/C43H32/c1-2-29-27-35-28-34(25-26-36(35)41(29)32-15-7-4-8-16-32)43-39-19-11-9-17-37(39)42(38-18-10-12-20-40(38)43)33-23-21-31(22-24-33)30-13-5-3-6-14-30/h3-28,41H,2H2,1H3. The first-order valence-electron chi connectivity index (χ1n) is 15.3. The van der Waals surface area contributed by atoms with Crippen molar-refractivity contribution in [2.75, 3.05) is 0 Å². The summed E-state index contributed by atoms with van der Waals surface area (Å²) in [6.07, 6.45) is 3.48. The molecule has 0 radical (unpaired) electrons. The molecule has 0 aliphatic heterocycles. The highest BCUT2D eigenvalue weighted by atomic mass is 14.3. The highest BCUT2D eigenvalue weighted by molar-refractivity contribution is 6.21. The molecule has 1 unspecified atom stereocenters. The Bertz CT molecular complexity index is 2070. The summed E-state index contributed by atoms with van der Waals surface area (Å²) in [5, 5.41) is 5.16. The Labute approximate surface area is 253 Å². The molecule has 0 heterocycles. The number of benzene rings is 7. The lowest BCUT2D eigenvalue weighted by atomic mass is 9.84. The fraction of sp³-hybridized carbons (Fsp3) is 0.0698. The van der Waals surface area contributed by atoms with Crippen LogP contribution in [0.5, 0.6) is 0 Å². The van der Waals surface area contributed by atoms with Crippen molar-refractivity contribution in [3.05, 3.63) is 174 Å². The molecule has 7 aromatic rings. The quantitative estimate of drug-likeness (QED) is 0.188. The van der Waals surface area contributed by atoms with Crippen LogP contribution in [-0.4, -0.2) is 0 Å². The minimum Gasteiger partial charge on any atom is -0.0622 e. The second-order valence-corrected chi connectivity index (χ2v) is 11.5. The van der Waals surface area contributed by atoms with E-state index in [1.165, 1.54) is 77.2 Å². The fourth-order valence-electron chi connectivity index (χ4n) is 7.16. The van der Waals surface area contributed by atoms with Crippen LogP contribution in [0, 0.1) is 0 Å². The monoisotopic (exact) mass is 548 g/mol. The van der Waals surface area contributed by atoms with Crippen LogP contribution in [0.25, 0.3) is 61.0 Å². The Morgan fingerprint density at radius 2 is 0.907 bits per heavy atom. The zero-order valence-corrected chi connectivity index (χ0v) is 24.3. The summed E-state index contributed by atoms with van der Waals surface area (Å²) in [5.74, 6) is 0.338. The van der Waals surface area contributed by atoms with Gasteiger partial charge in [0.1, 0.15) is 0 Å². The first-order chi connectivity index (χ1) is 21.3. The number of hydrogen-bond acceptors (Lipinski definition) is 0. The molecular weight excluding hydrogens is 516 g/mol. The van der Waals surface area contributed by atoms with Crippen LogP contribution in [0.2, 0.25) is 0 Å². The minimum absolute atomic E-state index is 0.338. The van der Waals surface area contributed by atoms with Crippen molar-refractivity contribution in [3.63, 3.8) is 0 Å². The van der Waals surface area contributed by atoms with Crippen LogP contribution < -0.4 is 0 Å². The van der Waals surface area contributed by atoms with Crippen molar-refractivity contribution in [1.29, 1.82) is 0 Å². The van der Waals surface area contributed by atoms with Crippen molar-refractivity contribution < 1.29 is 0 Å². The van der Waals surface area contributed by atoms with Gasteiger partial charge in [0.05, 0.1) is 0 Å². The maximum Gasteiger partial charge on any atom is 0.0308 e. The van der Waals surface area contributed by atoms with Crippen molar-refractivity contribution in [3.8, 4) is 33.4 Å². The Kier molecular flexibility index (Phi) is 6.27. The Hall–Kier alpha value is -5.20. The molecule has 0 saturated heterocycles. The molecule has 0 aromatic heterocycles. The SMILES string of the molecule is CCC1=Cc2cc(-c3c4ccccc4c(-c4ccc(-c5ccccc5)cc4)c4ccccc34)ccc2C1c1ccccc1. The van der Waals surface area contributed by atoms with Gasteiger partial charge in [-0.3, -0.25) is 0 Å². The van der Waals surface area contributed by atoms with E-state index < -0.39 is 0 Å². The molecule has 0 amide bonds. The Balaban J connectivity index is 1.32. The van der Waals surface area contributed by atoms with E-state index in [1.807, 2.05) is 0 Å². The van der Waals surface area contributed by atoms with Gasteiger partial charge in [0.25, 0.3) is 0 Å². The predicted molar refractivity (Wildman–Crippen MR) is 184 cm³/mol. The number of allylic oxidation sites excluding steroid dienone is 1. The maximum atomic E-state index is 2.43. The molecule has 0 spiro atoms. The average Bonchev–Trinajstić information content (AvgIpc) is 3.46. The molecule has 0 fully saturated rings. The summed E-state index contributed by atoms with van der Waals surface area (Å²) >= 11 is 0. The van der Waals surface area contributed by atoms with Gasteiger partial charge < -0.3 is 0 Å². The first kappa shape index (κ1) is 25.5. The van der Waals surface area contributed by atoms with Crippen LogP contribution in [-0.2, 0) is 0 Å². The van der Waals surface area contributed by atoms with Gasteiger partial charge in [-0.15, -0.1) is 0 Å². The van der Waals surface area contributed by atoms with Gasteiger partial charge >= 0.3 is 0 Å². The zero-order valence-electron chi connectivity index (χ0n) is 24.3. The minimum atomic E-state index is 0.338. The summed E-state index contributed by atoms with van der Waals surface area (Å²) < 4.78 is 0. The summed E-state index contributed by atoms with van der Waals surface area (Å²) in [5.41, 5.74) is 13.2. The lowest BCUT2D eigenvalue weighted by molar-refractivity contribution is 0.908. The van der Waals surface area contributed by atoms with E-state index in [-0.39, 0.29) is 0 Å². The molecule has 0 bridgehead atoms. The third-order valence-electron chi connectivity index (χ3n) is 9.15. The summed E-state index contributed by atoms with van der Waals surface area (Å²) in [7, 11) is 0. The molecule has 1 aliphatic carbocycles. The topological polar surface area (TPSA) is 0 Å². The van der Waals surface area contributed by atoms with Gasteiger partial charge in [-0.25, -0.2) is 0 Å². The first-order valence-corrected chi connectivity index (χ1v) is 15.3. The van der Waals surface area contributed by atoms with Gasteiger partial charge in [-0.1, -0.05) is 164 Å². The van der Waals surface area contributed by atoms with Crippen molar-refractivity contribution in [2.45, 2.75) is 19.3 Å². The van der Waals surface area contributed by atoms with Crippen LogP contribution in [0.15, 0.2) is 157 Å². The van der Waals surface area contributed by atoms with E-state index in [9.17, 15) is 0 Å². The normalized spacial score (nSPS) is 14.2.